The van der Waals surface area contributed by atoms with E-state index in [-0.39, 0.29) is 29.2 Å². The molecule has 1 N–H and O–H groups in total. The molecule has 2 aliphatic rings. The number of amides is 2. The molecule has 0 aliphatic carbocycles. The molecule has 2 aromatic rings. The summed E-state index contributed by atoms with van der Waals surface area (Å²) in [6, 6.07) is 12.5. The molecule has 0 saturated carbocycles. The Balaban J connectivity index is 1.57. The van der Waals surface area contributed by atoms with Crippen LogP contribution in [0.5, 0.6) is 5.75 Å². The van der Waals surface area contributed by atoms with Crippen LogP contribution in [0.25, 0.3) is 0 Å². The fourth-order valence-electron chi connectivity index (χ4n) is 4.59. The Morgan fingerprint density at radius 3 is 2.29 bits per heavy atom. The number of benzene rings is 2. The van der Waals surface area contributed by atoms with Crippen molar-refractivity contribution in [3.05, 3.63) is 65.5 Å². The van der Waals surface area contributed by atoms with Crippen molar-refractivity contribution in [3.8, 4) is 5.75 Å². The number of ether oxygens (including phenoxy) is 1. The molecule has 0 aromatic heterocycles. The van der Waals surface area contributed by atoms with Crippen LogP contribution < -0.4 is 10.1 Å². The van der Waals surface area contributed by atoms with Gasteiger partial charge in [0.15, 0.2) is 0 Å². The number of piperidine rings is 1. The fraction of sp³-hybridized carbons (Fsp3) is 0.435. The second kappa shape index (κ2) is 8.78. The van der Waals surface area contributed by atoms with Crippen molar-refractivity contribution in [1.29, 1.82) is 0 Å². The largest absolute Gasteiger partial charge is 0.435 e. The number of carbonyl (C=O) groups is 1. The normalized spacial score (nSPS) is 21.0. The van der Waals surface area contributed by atoms with E-state index in [0.717, 1.165) is 37.1 Å². The minimum Gasteiger partial charge on any atom is -0.435 e. The van der Waals surface area contributed by atoms with Crippen LogP contribution in [0.2, 0.25) is 0 Å². The highest BCUT2D eigenvalue weighted by molar-refractivity contribution is 5.79. The maximum absolute atomic E-state index is 13.4. The summed E-state index contributed by atoms with van der Waals surface area (Å²) in [6.45, 7) is -0.759. The standard InChI is InChI=1S/C23H26F3N3O2/c1-28-12-10-23(11-13-28)20(14-16-2-6-18(24)7-3-16)29(22(30)27-23)15-17-4-8-19(9-5-17)31-21(25)26/h2-9,20-21H,10-15H2,1H3,(H,27,30)/t20-/m1/s1. The molecular weight excluding hydrogens is 407 g/mol. The molecule has 0 radical (unpaired) electrons. The first-order valence-electron chi connectivity index (χ1n) is 10.4. The number of nitrogens with zero attached hydrogens (tertiary/aromatic N) is 2. The molecule has 2 heterocycles. The van der Waals surface area contributed by atoms with Crippen LogP contribution >= 0.6 is 0 Å². The highest BCUT2D eigenvalue weighted by Gasteiger charge is 2.51. The third kappa shape index (κ3) is 4.79. The summed E-state index contributed by atoms with van der Waals surface area (Å²) in [5.74, 6) is -0.208. The monoisotopic (exact) mass is 433 g/mol. The Kier molecular flexibility index (Phi) is 6.09. The van der Waals surface area contributed by atoms with Gasteiger partial charge in [-0.2, -0.15) is 8.78 Å². The summed E-state index contributed by atoms with van der Waals surface area (Å²) < 4.78 is 42.6. The van der Waals surface area contributed by atoms with Gasteiger partial charge in [-0.15, -0.1) is 0 Å². The van der Waals surface area contributed by atoms with E-state index in [9.17, 15) is 18.0 Å². The van der Waals surface area contributed by atoms with Crippen molar-refractivity contribution >= 4 is 6.03 Å². The molecule has 1 atom stereocenters. The van der Waals surface area contributed by atoms with Gasteiger partial charge in [0.2, 0.25) is 0 Å². The van der Waals surface area contributed by atoms with E-state index in [0.29, 0.717) is 13.0 Å². The van der Waals surface area contributed by atoms with Gasteiger partial charge in [0, 0.05) is 19.6 Å². The zero-order chi connectivity index (χ0) is 22.0. The zero-order valence-corrected chi connectivity index (χ0v) is 17.4. The Labute approximate surface area is 179 Å². The molecule has 166 valence electrons. The number of urea groups is 1. The van der Waals surface area contributed by atoms with Gasteiger partial charge in [0.05, 0.1) is 11.6 Å². The lowest BCUT2D eigenvalue weighted by Gasteiger charge is -2.42. The quantitative estimate of drug-likeness (QED) is 0.748. The molecule has 4 rings (SSSR count). The molecule has 0 unspecified atom stereocenters. The Bertz CT molecular complexity index is 897. The van der Waals surface area contributed by atoms with Crippen molar-refractivity contribution < 1.29 is 22.7 Å². The number of alkyl halides is 2. The SMILES string of the molecule is CN1CCC2(CC1)NC(=O)N(Cc1ccc(OC(F)F)cc1)[C@@H]2Cc1ccc(F)cc1. The minimum atomic E-state index is -2.88. The average Bonchev–Trinajstić information content (AvgIpc) is 2.98. The third-order valence-corrected chi connectivity index (χ3v) is 6.35. The van der Waals surface area contributed by atoms with Crippen molar-refractivity contribution in [2.45, 2.75) is 44.0 Å². The summed E-state index contributed by atoms with van der Waals surface area (Å²) >= 11 is 0. The molecule has 2 fully saturated rings. The molecule has 31 heavy (non-hydrogen) atoms. The predicted molar refractivity (Wildman–Crippen MR) is 111 cm³/mol. The van der Waals surface area contributed by atoms with E-state index in [1.54, 1.807) is 24.3 Å². The number of rotatable bonds is 6. The first-order chi connectivity index (χ1) is 14.8. The molecule has 2 amide bonds. The van der Waals surface area contributed by atoms with Crippen LogP contribution in [0.1, 0.15) is 24.0 Å². The number of hydrogen-bond acceptors (Lipinski definition) is 3. The van der Waals surface area contributed by atoms with Gasteiger partial charge >= 0.3 is 12.6 Å². The van der Waals surface area contributed by atoms with Crippen LogP contribution in [-0.2, 0) is 13.0 Å². The number of likely N-dealkylation sites (tertiary alicyclic amines) is 1. The second-order valence-electron chi connectivity index (χ2n) is 8.39. The molecule has 2 aromatic carbocycles. The van der Waals surface area contributed by atoms with E-state index in [4.69, 9.17) is 0 Å². The van der Waals surface area contributed by atoms with E-state index in [1.165, 1.54) is 24.3 Å². The minimum absolute atomic E-state index is 0.0827. The first kappa shape index (κ1) is 21.5. The predicted octanol–water partition coefficient (Wildman–Crippen LogP) is 4.03. The second-order valence-corrected chi connectivity index (χ2v) is 8.39. The molecule has 1 spiro atoms. The number of nitrogens with one attached hydrogen (secondary N) is 1. The van der Waals surface area contributed by atoms with Crippen LogP contribution in [0.4, 0.5) is 18.0 Å². The fourth-order valence-corrected chi connectivity index (χ4v) is 4.59. The van der Waals surface area contributed by atoms with Crippen molar-refractivity contribution in [1.82, 2.24) is 15.1 Å². The summed E-state index contributed by atoms with van der Waals surface area (Å²) in [4.78, 5) is 17.1. The summed E-state index contributed by atoms with van der Waals surface area (Å²) in [5, 5.41) is 3.24. The van der Waals surface area contributed by atoms with Crippen LogP contribution in [0.3, 0.4) is 0 Å². The van der Waals surface area contributed by atoms with Crippen molar-refractivity contribution in [2.75, 3.05) is 20.1 Å². The average molecular weight is 433 g/mol. The van der Waals surface area contributed by atoms with Gasteiger partial charge in [-0.05, 0) is 61.7 Å². The van der Waals surface area contributed by atoms with E-state index in [2.05, 4.69) is 22.0 Å². The summed E-state index contributed by atoms with van der Waals surface area (Å²) in [7, 11) is 2.07. The lowest BCUT2D eigenvalue weighted by molar-refractivity contribution is -0.0498. The molecule has 0 bridgehead atoms. The Hall–Kier alpha value is -2.74. The molecule has 2 aliphatic heterocycles. The van der Waals surface area contributed by atoms with Gasteiger partial charge in [-0.3, -0.25) is 0 Å². The van der Waals surface area contributed by atoms with Crippen molar-refractivity contribution in [2.24, 2.45) is 0 Å². The molecule has 2 saturated heterocycles. The van der Waals surface area contributed by atoms with Gasteiger partial charge in [-0.1, -0.05) is 24.3 Å². The zero-order valence-electron chi connectivity index (χ0n) is 17.4. The smallest absolute Gasteiger partial charge is 0.387 e. The van der Waals surface area contributed by atoms with Crippen LogP contribution in [0, 0.1) is 5.82 Å². The lowest BCUT2D eigenvalue weighted by Crippen LogP contribution is -2.56. The topological polar surface area (TPSA) is 44.8 Å². The maximum atomic E-state index is 13.4. The van der Waals surface area contributed by atoms with Gasteiger partial charge in [0.25, 0.3) is 0 Å². The van der Waals surface area contributed by atoms with E-state index in [1.807, 2.05) is 4.90 Å². The molecule has 5 nitrogen and oxygen atoms in total. The van der Waals surface area contributed by atoms with Crippen LogP contribution in [-0.4, -0.2) is 54.2 Å². The van der Waals surface area contributed by atoms with Crippen LogP contribution in [0.15, 0.2) is 48.5 Å². The maximum Gasteiger partial charge on any atom is 0.387 e. The van der Waals surface area contributed by atoms with Gasteiger partial charge < -0.3 is 19.9 Å². The Morgan fingerprint density at radius 2 is 1.68 bits per heavy atom. The number of halogens is 3. The summed E-state index contributed by atoms with van der Waals surface area (Å²) in [5.41, 5.74) is 1.44. The first-order valence-corrected chi connectivity index (χ1v) is 10.4. The van der Waals surface area contributed by atoms with Crippen molar-refractivity contribution in [3.63, 3.8) is 0 Å². The number of hydrogen-bond donors (Lipinski definition) is 1. The summed E-state index contributed by atoms with van der Waals surface area (Å²) in [6.07, 6.45) is 2.27. The third-order valence-electron chi connectivity index (χ3n) is 6.35. The lowest BCUT2D eigenvalue weighted by atomic mass is 9.79. The Morgan fingerprint density at radius 1 is 1.06 bits per heavy atom. The molecule has 8 heteroatoms. The van der Waals surface area contributed by atoms with Gasteiger partial charge in [0.1, 0.15) is 11.6 Å². The van der Waals surface area contributed by atoms with E-state index >= 15 is 0 Å². The van der Waals surface area contributed by atoms with E-state index < -0.39 is 6.61 Å². The molecular formula is C23H26F3N3O2. The highest BCUT2D eigenvalue weighted by Crippen LogP contribution is 2.36. The van der Waals surface area contributed by atoms with Gasteiger partial charge in [-0.25, -0.2) is 9.18 Å². The number of carbonyl (C=O) groups excluding carboxylic acids is 1. The highest BCUT2D eigenvalue weighted by atomic mass is 19.3.